The van der Waals surface area contributed by atoms with Gasteiger partial charge in [-0.25, -0.2) is 0 Å². The largest absolute Gasteiger partial charge is 0.311 e. The Morgan fingerprint density at radius 2 is 2.31 bits per heavy atom. The highest BCUT2D eigenvalue weighted by Crippen LogP contribution is 2.21. The highest BCUT2D eigenvalue weighted by atomic mass is 35.5. The molecule has 0 unspecified atom stereocenters. The van der Waals surface area contributed by atoms with E-state index in [1.807, 2.05) is 30.1 Å². The van der Waals surface area contributed by atoms with Crippen molar-refractivity contribution < 1.29 is 0 Å². The summed E-state index contributed by atoms with van der Waals surface area (Å²) in [5, 5.41) is 7.66. The van der Waals surface area contributed by atoms with Gasteiger partial charge in [-0.3, -0.25) is 4.68 Å². The fourth-order valence-corrected chi connectivity index (χ4v) is 2.56. The number of nitrogens with zero attached hydrogens (tertiary/aromatic N) is 2. The summed E-state index contributed by atoms with van der Waals surface area (Å²) in [5.41, 5.74) is 1.08. The number of hydrogen-bond donors (Lipinski definition) is 1. The average molecular weight is 256 g/mol. The molecule has 5 heteroatoms. The van der Waals surface area contributed by atoms with Crippen LogP contribution in [0.2, 0.25) is 4.34 Å². The second kappa shape index (κ2) is 5.48. The molecule has 2 heterocycles. The fourth-order valence-electron chi connectivity index (χ4n) is 1.47. The zero-order valence-corrected chi connectivity index (χ0v) is 10.7. The standard InChI is InChI=1S/C11H14ClN3S/c1-15-7-5-9(14-15)8-13-6-4-10-2-3-11(12)16-10/h2-3,5,7,13H,4,6,8H2,1H3. The van der Waals surface area contributed by atoms with Crippen molar-refractivity contribution in [2.24, 2.45) is 7.05 Å². The van der Waals surface area contributed by atoms with Crippen LogP contribution in [0, 0.1) is 0 Å². The summed E-state index contributed by atoms with van der Waals surface area (Å²) in [6.45, 7) is 1.77. The quantitative estimate of drug-likeness (QED) is 0.832. The van der Waals surface area contributed by atoms with Crippen molar-refractivity contribution in [3.8, 4) is 0 Å². The Morgan fingerprint density at radius 1 is 1.44 bits per heavy atom. The van der Waals surface area contributed by atoms with Crippen molar-refractivity contribution in [3.05, 3.63) is 39.3 Å². The smallest absolute Gasteiger partial charge is 0.0931 e. The van der Waals surface area contributed by atoms with E-state index >= 15 is 0 Å². The Labute approximate surface area is 104 Å². The number of halogens is 1. The minimum atomic E-state index is 0.819. The van der Waals surface area contributed by atoms with E-state index < -0.39 is 0 Å². The van der Waals surface area contributed by atoms with Crippen LogP contribution >= 0.6 is 22.9 Å². The van der Waals surface area contributed by atoms with Crippen LogP contribution in [0.5, 0.6) is 0 Å². The van der Waals surface area contributed by atoms with Crippen molar-refractivity contribution in [3.63, 3.8) is 0 Å². The van der Waals surface area contributed by atoms with Crippen LogP contribution in [-0.4, -0.2) is 16.3 Å². The molecule has 16 heavy (non-hydrogen) atoms. The van der Waals surface area contributed by atoms with Gasteiger partial charge in [0.05, 0.1) is 10.0 Å². The maximum atomic E-state index is 5.86. The lowest BCUT2D eigenvalue weighted by molar-refractivity contribution is 0.656. The maximum Gasteiger partial charge on any atom is 0.0931 e. The third-order valence-corrected chi connectivity index (χ3v) is 3.54. The zero-order chi connectivity index (χ0) is 11.4. The third-order valence-electron chi connectivity index (χ3n) is 2.25. The number of hydrogen-bond acceptors (Lipinski definition) is 3. The molecule has 2 rings (SSSR count). The molecule has 0 aliphatic carbocycles. The molecular weight excluding hydrogens is 242 g/mol. The Morgan fingerprint density at radius 3 is 2.94 bits per heavy atom. The molecule has 0 atom stereocenters. The van der Waals surface area contributed by atoms with Crippen LogP contribution in [0.1, 0.15) is 10.6 Å². The molecule has 2 aromatic heterocycles. The monoisotopic (exact) mass is 255 g/mol. The zero-order valence-electron chi connectivity index (χ0n) is 9.11. The van der Waals surface area contributed by atoms with Crippen LogP contribution < -0.4 is 5.32 Å². The molecule has 1 N–H and O–H groups in total. The predicted molar refractivity (Wildman–Crippen MR) is 67.9 cm³/mol. The van der Waals surface area contributed by atoms with Crippen LogP contribution in [0.15, 0.2) is 24.4 Å². The van der Waals surface area contributed by atoms with Gasteiger partial charge in [0.25, 0.3) is 0 Å². The van der Waals surface area contributed by atoms with E-state index in [2.05, 4.69) is 16.5 Å². The summed E-state index contributed by atoms with van der Waals surface area (Å²) in [7, 11) is 1.93. The number of thiophene rings is 1. The summed E-state index contributed by atoms with van der Waals surface area (Å²) in [6.07, 6.45) is 2.97. The van der Waals surface area contributed by atoms with Gasteiger partial charge < -0.3 is 5.32 Å². The Hall–Kier alpha value is -0.840. The second-order valence-corrected chi connectivity index (χ2v) is 5.41. The Bertz CT molecular complexity index is 407. The lowest BCUT2D eigenvalue weighted by Crippen LogP contribution is -2.16. The lowest BCUT2D eigenvalue weighted by Gasteiger charge is -2.00. The topological polar surface area (TPSA) is 29.9 Å². The molecular formula is C11H14ClN3S. The highest BCUT2D eigenvalue weighted by Gasteiger charge is 1.99. The van der Waals surface area contributed by atoms with Crippen molar-refractivity contribution in [1.29, 1.82) is 0 Å². The average Bonchev–Trinajstić information content (AvgIpc) is 2.83. The van der Waals surface area contributed by atoms with E-state index in [-0.39, 0.29) is 0 Å². The summed E-state index contributed by atoms with van der Waals surface area (Å²) < 4.78 is 2.68. The van der Waals surface area contributed by atoms with Gasteiger partial charge in [0.15, 0.2) is 0 Å². The summed E-state index contributed by atoms with van der Waals surface area (Å²) in [6, 6.07) is 6.05. The predicted octanol–water partition coefficient (Wildman–Crippen LogP) is 2.47. The number of aryl methyl sites for hydroxylation is 1. The van der Waals surface area contributed by atoms with E-state index in [0.717, 1.165) is 29.5 Å². The summed E-state index contributed by atoms with van der Waals surface area (Å²) in [5.74, 6) is 0. The first kappa shape index (κ1) is 11.6. The Balaban J connectivity index is 1.69. The minimum absolute atomic E-state index is 0.819. The molecule has 0 amide bonds. The van der Waals surface area contributed by atoms with E-state index in [0.29, 0.717) is 0 Å². The van der Waals surface area contributed by atoms with Gasteiger partial charge in [0.1, 0.15) is 0 Å². The molecule has 86 valence electrons. The number of rotatable bonds is 5. The van der Waals surface area contributed by atoms with Gasteiger partial charge in [-0.2, -0.15) is 5.10 Å². The van der Waals surface area contributed by atoms with Gasteiger partial charge in [-0.15, -0.1) is 11.3 Å². The SMILES string of the molecule is Cn1ccc(CNCCc2ccc(Cl)s2)n1. The van der Waals surface area contributed by atoms with E-state index in [1.165, 1.54) is 4.88 Å². The van der Waals surface area contributed by atoms with Crippen molar-refractivity contribution in [2.45, 2.75) is 13.0 Å². The lowest BCUT2D eigenvalue weighted by atomic mass is 10.3. The van der Waals surface area contributed by atoms with Gasteiger partial charge in [0, 0.05) is 31.2 Å². The third kappa shape index (κ3) is 3.33. The maximum absolute atomic E-state index is 5.86. The van der Waals surface area contributed by atoms with Gasteiger partial charge >= 0.3 is 0 Å². The van der Waals surface area contributed by atoms with Crippen LogP contribution in [0.3, 0.4) is 0 Å². The van der Waals surface area contributed by atoms with Crippen molar-refractivity contribution in [2.75, 3.05) is 6.54 Å². The van der Waals surface area contributed by atoms with Crippen molar-refractivity contribution >= 4 is 22.9 Å². The molecule has 0 aliphatic heterocycles. The summed E-state index contributed by atoms with van der Waals surface area (Å²) in [4.78, 5) is 1.32. The van der Waals surface area contributed by atoms with E-state index in [1.54, 1.807) is 11.3 Å². The van der Waals surface area contributed by atoms with E-state index in [4.69, 9.17) is 11.6 Å². The van der Waals surface area contributed by atoms with E-state index in [9.17, 15) is 0 Å². The fraction of sp³-hybridized carbons (Fsp3) is 0.364. The molecule has 0 bridgehead atoms. The molecule has 0 radical (unpaired) electrons. The normalized spacial score (nSPS) is 10.9. The molecule has 0 spiro atoms. The first-order chi connectivity index (χ1) is 7.74. The number of aromatic nitrogens is 2. The second-order valence-electron chi connectivity index (χ2n) is 3.61. The molecule has 0 saturated heterocycles. The van der Waals surface area contributed by atoms with Crippen LogP contribution in [0.25, 0.3) is 0 Å². The molecule has 0 aromatic carbocycles. The van der Waals surface area contributed by atoms with Gasteiger partial charge in [-0.1, -0.05) is 11.6 Å². The molecule has 3 nitrogen and oxygen atoms in total. The summed E-state index contributed by atoms with van der Waals surface area (Å²) >= 11 is 7.50. The molecule has 0 fully saturated rings. The van der Waals surface area contributed by atoms with Gasteiger partial charge in [0.2, 0.25) is 0 Å². The van der Waals surface area contributed by atoms with Crippen LogP contribution in [-0.2, 0) is 20.0 Å². The molecule has 0 saturated carbocycles. The number of nitrogens with one attached hydrogen (secondary N) is 1. The van der Waals surface area contributed by atoms with Gasteiger partial charge in [-0.05, 0) is 24.6 Å². The van der Waals surface area contributed by atoms with Crippen molar-refractivity contribution in [1.82, 2.24) is 15.1 Å². The highest BCUT2D eigenvalue weighted by molar-refractivity contribution is 7.16. The Kier molecular flexibility index (Phi) is 3.98. The first-order valence-electron chi connectivity index (χ1n) is 5.17. The molecule has 2 aromatic rings. The first-order valence-corrected chi connectivity index (χ1v) is 6.37. The van der Waals surface area contributed by atoms with Crippen LogP contribution in [0.4, 0.5) is 0 Å². The minimum Gasteiger partial charge on any atom is -0.311 e. The molecule has 0 aliphatic rings.